The van der Waals surface area contributed by atoms with Crippen molar-refractivity contribution in [1.29, 1.82) is 0 Å². The Hall–Kier alpha value is -2.24. The van der Waals surface area contributed by atoms with Crippen molar-refractivity contribution in [2.24, 2.45) is 0 Å². The number of rotatable bonds is 8. The van der Waals surface area contributed by atoms with Gasteiger partial charge in [-0.3, -0.25) is 9.48 Å². The van der Waals surface area contributed by atoms with Crippen molar-refractivity contribution in [3.63, 3.8) is 0 Å². The smallest absolute Gasteiger partial charge is 0.254 e. The number of hydrogen-bond donors (Lipinski definition) is 2. The van der Waals surface area contributed by atoms with Crippen molar-refractivity contribution in [2.45, 2.75) is 83.0 Å². The summed E-state index contributed by atoms with van der Waals surface area (Å²) in [5.41, 5.74) is 1.13. The van der Waals surface area contributed by atoms with Gasteiger partial charge in [-0.1, -0.05) is 0 Å². The molecule has 2 aromatic heterocycles. The summed E-state index contributed by atoms with van der Waals surface area (Å²) in [6.45, 7) is 8.45. The van der Waals surface area contributed by atoms with Gasteiger partial charge in [0, 0.05) is 50.7 Å². The molecule has 3 aliphatic rings. The number of nitrogens with one attached hydrogen (secondary N) is 2. The van der Waals surface area contributed by atoms with Gasteiger partial charge in [-0.05, 0) is 82.3 Å². The van der Waals surface area contributed by atoms with E-state index in [-0.39, 0.29) is 5.91 Å². The number of aryl methyl sites for hydroxylation is 1. The minimum Gasteiger partial charge on any atom is -0.369 e. The van der Waals surface area contributed by atoms with Crippen LogP contribution in [0.3, 0.4) is 0 Å². The lowest BCUT2D eigenvalue weighted by molar-refractivity contribution is -0.149. The molecule has 3 fully saturated rings. The highest BCUT2D eigenvalue weighted by molar-refractivity contribution is 9.10. The Morgan fingerprint density at radius 2 is 1.97 bits per heavy atom. The molecule has 2 N–H and O–H groups in total. The van der Waals surface area contributed by atoms with E-state index in [1.807, 2.05) is 25.7 Å². The first-order valence-electron chi connectivity index (χ1n) is 13.5. The molecule has 2 atom stereocenters. The van der Waals surface area contributed by atoms with Crippen LogP contribution >= 0.6 is 15.9 Å². The molecule has 0 spiro atoms. The Bertz CT molecular complexity index is 1110. The van der Waals surface area contributed by atoms with E-state index >= 15 is 0 Å². The number of carbonyl (C=O) groups is 1. The van der Waals surface area contributed by atoms with E-state index in [0.29, 0.717) is 43.8 Å². The standard InChI is InChI=1S/C26H39BrN8O2/c1-17-22(16-35(32-17)20-13-18-7-8-19(14-20)33(18)4)30-25-29-15-21(27)23(31-25)28-9-5-10-34-11-6-12-37-26(2,3)24(34)36/h15-16,18-20H,5-14H2,1-4H3,(H2,28,29,30,31). The summed E-state index contributed by atoms with van der Waals surface area (Å²) in [6, 6.07) is 1.79. The lowest BCUT2D eigenvalue weighted by Crippen LogP contribution is -2.45. The number of carbonyl (C=O) groups excluding carboxylic acids is 1. The Labute approximate surface area is 227 Å². The predicted octanol–water partition coefficient (Wildman–Crippen LogP) is 4.11. The molecule has 0 aromatic carbocycles. The number of piperidine rings is 1. The van der Waals surface area contributed by atoms with E-state index in [2.05, 4.69) is 59.4 Å². The molecule has 0 saturated carbocycles. The summed E-state index contributed by atoms with van der Waals surface area (Å²) in [6.07, 6.45) is 10.4. The molecule has 3 saturated heterocycles. The third-order valence-electron chi connectivity index (χ3n) is 8.09. The number of halogens is 1. The molecule has 1 amide bonds. The Morgan fingerprint density at radius 1 is 1.22 bits per heavy atom. The highest BCUT2D eigenvalue weighted by Crippen LogP contribution is 2.40. The molecule has 11 heteroatoms. The Morgan fingerprint density at radius 3 is 2.73 bits per heavy atom. The number of aromatic nitrogens is 4. The van der Waals surface area contributed by atoms with E-state index in [1.54, 1.807) is 6.20 Å². The van der Waals surface area contributed by atoms with Crippen LogP contribution in [-0.4, -0.2) is 86.4 Å². The fourth-order valence-electron chi connectivity index (χ4n) is 5.88. The minimum atomic E-state index is -0.751. The fraction of sp³-hybridized carbons (Fsp3) is 0.692. The largest absolute Gasteiger partial charge is 0.369 e. The van der Waals surface area contributed by atoms with Crippen LogP contribution in [-0.2, 0) is 9.53 Å². The first kappa shape index (κ1) is 26.4. The molecule has 10 nitrogen and oxygen atoms in total. The molecule has 5 rings (SSSR count). The third-order valence-corrected chi connectivity index (χ3v) is 8.67. The lowest BCUT2D eigenvalue weighted by Gasteiger charge is -2.36. The Balaban J connectivity index is 1.17. The van der Waals surface area contributed by atoms with Crippen LogP contribution in [0.25, 0.3) is 0 Å². The maximum absolute atomic E-state index is 12.7. The molecule has 202 valence electrons. The SMILES string of the molecule is Cc1nn(C2CC3CCC(C2)N3C)cc1Nc1ncc(Br)c(NCCCN2CCCOC(C)(C)C2=O)n1. The molecule has 0 aliphatic carbocycles. The molecule has 2 aromatic rings. The second-order valence-corrected chi connectivity index (χ2v) is 11.9. The summed E-state index contributed by atoms with van der Waals surface area (Å²) >= 11 is 3.56. The van der Waals surface area contributed by atoms with E-state index in [4.69, 9.17) is 9.84 Å². The van der Waals surface area contributed by atoms with Crippen LogP contribution in [0.2, 0.25) is 0 Å². The summed E-state index contributed by atoms with van der Waals surface area (Å²) in [5.74, 6) is 1.31. The van der Waals surface area contributed by atoms with Gasteiger partial charge in [-0.15, -0.1) is 0 Å². The van der Waals surface area contributed by atoms with Crippen molar-refractivity contribution in [3.05, 3.63) is 22.6 Å². The first-order chi connectivity index (χ1) is 17.7. The molecule has 5 heterocycles. The average molecular weight is 576 g/mol. The Kier molecular flexibility index (Phi) is 7.74. The van der Waals surface area contributed by atoms with Gasteiger partial charge in [0.2, 0.25) is 5.95 Å². The van der Waals surface area contributed by atoms with Crippen LogP contribution in [0.4, 0.5) is 17.5 Å². The van der Waals surface area contributed by atoms with Gasteiger partial charge in [-0.2, -0.15) is 10.1 Å². The zero-order valence-electron chi connectivity index (χ0n) is 22.3. The van der Waals surface area contributed by atoms with Crippen molar-refractivity contribution in [1.82, 2.24) is 29.5 Å². The molecule has 3 aliphatic heterocycles. The summed E-state index contributed by atoms with van der Waals surface area (Å²) < 4.78 is 8.64. The van der Waals surface area contributed by atoms with Gasteiger partial charge in [0.15, 0.2) is 0 Å². The van der Waals surface area contributed by atoms with Gasteiger partial charge in [0.25, 0.3) is 5.91 Å². The van der Waals surface area contributed by atoms with E-state index < -0.39 is 5.60 Å². The van der Waals surface area contributed by atoms with E-state index in [0.717, 1.165) is 53.9 Å². The van der Waals surface area contributed by atoms with E-state index in [9.17, 15) is 4.79 Å². The van der Waals surface area contributed by atoms with Crippen LogP contribution in [0, 0.1) is 6.92 Å². The molecule has 37 heavy (non-hydrogen) atoms. The third kappa shape index (κ3) is 5.78. The summed E-state index contributed by atoms with van der Waals surface area (Å²) in [5, 5.41) is 11.6. The van der Waals surface area contributed by atoms with Crippen LogP contribution in [0.15, 0.2) is 16.9 Å². The van der Waals surface area contributed by atoms with Crippen molar-refractivity contribution < 1.29 is 9.53 Å². The highest BCUT2D eigenvalue weighted by atomic mass is 79.9. The summed E-state index contributed by atoms with van der Waals surface area (Å²) in [7, 11) is 2.26. The van der Waals surface area contributed by atoms with Gasteiger partial charge in [0.05, 0.1) is 21.9 Å². The minimum absolute atomic E-state index is 0.0588. The zero-order chi connectivity index (χ0) is 26.2. The van der Waals surface area contributed by atoms with Crippen LogP contribution < -0.4 is 10.6 Å². The van der Waals surface area contributed by atoms with Gasteiger partial charge < -0.3 is 25.2 Å². The molecular weight excluding hydrogens is 536 g/mol. The van der Waals surface area contributed by atoms with Gasteiger partial charge in [0.1, 0.15) is 11.4 Å². The fourth-order valence-corrected chi connectivity index (χ4v) is 6.21. The van der Waals surface area contributed by atoms with Crippen LogP contribution in [0.1, 0.15) is 64.1 Å². The maximum Gasteiger partial charge on any atom is 0.254 e. The number of amides is 1. The molecule has 0 radical (unpaired) electrons. The second-order valence-electron chi connectivity index (χ2n) is 11.1. The van der Waals surface area contributed by atoms with Crippen molar-refractivity contribution in [2.75, 3.05) is 43.9 Å². The van der Waals surface area contributed by atoms with Gasteiger partial charge >= 0.3 is 0 Å². The number of ether oxygens (including phenoxy) is 1. The van der Waals surface area contributed by atoms with Crippen molar-refractivity contribution >= 4 is 39.3 Å². The molecular formula is C26H39BrN8O2. The quantitative estimate of drug-likeness (QED) is 0.454. The molecule has 2 bridgehead atoms. The monoisotopic (exact) mass is 574 g/mol. The zero-order valence-corrected chi connectivity index (χ0v) is 23.9. The number of nitrogens with zero attached hydrogens (tertiary/aromatic N) is 6. The summed E-state index contributed by atoms with van der Waals surface area (Å²) in [4.78, 5) is 26.3. The first-order valence-corrected chi connectivity index (χ1v) is 14.2. The normalized spacial score (nSPS) is 25.8. The molecule has 2 unspecified atom stereocenters. The number of anilines is 3. The second kappa shape index (κ2) is 10.9. The number of hydrogen-bond acceptors (Lipinski definition) is 8. The van der Waals surface area contributed by atoms with Crippen LogP contribution in [0.5, 0.6) is 0 Å². The highest BCUT2D eigenvalue weighted by Gasteiger charge is 2.39. The van der Waals surface area contributed by atoms with Crippen molar-refractivity contribution in [3.8, 4) is 0 Å². The lowest BCUT2D eigenvalue weighted by atomic mass is 9.98. The topological polar surface area (TPSA) is 100 Å². The maximum atomic E-state index is 12.7. The predicted molar refractivity (Wildman–Crippen MR) is 147 cm³/mol. The average Bonchev–Trinajstić information content (AvgIpc) is 3.25. The van der Waals surface area contributed by atoms with E-state index in [1.165, 1.54) is 12.8 Å². The number of fused-ring (bicyclic) bond motifs is 2. The van der Waals surface area contributed by atoms with Gasteiger partial charge in [-0.25, -0.2) is 4.98 Å².